The molecule has 46 heavy (non-hydrogen) atoms. The Hall–Kier alpha value is -4.40. The van der Waals surface area contributed by atoms with Crippen LogP contribution in [0.2, 0.25) is 0 Å². The summed E-state index contributed by atoms with van der Waals surface area (Å²) in [5.74, 6) is -0.467. The lowest BCUT2D eigenvalue weighted by Crippen LogP contribution is -2.20. The Morgan fingerprint density at radius 1 is 0.630 bits per heavy atom. The highest BCUT2D eigenvalue weighted by atomic mass is 16.2. The van der Waals surface area contributed by atoms with Crippen molar-refractivity contribution in [1.82, 2.24) is 19.8 Å². The quantitative estimate of drug-likeness (QED) is 0.209. The smallest absolute Gasteiger partial charge is 0.274 e. The number of hydrogen-bond acceptors (Lipinski definition) is 6. The molecule has 0 atom stereocenters. The van der Waals surface area contributed by atoms with Crippen molar-refractivity contribution in [2.75, 3.05) is 36.8 Å². The number of carbonyl (C=O) groups excluding carboxylic acids is 2. The van der Waals surface area contributed by atoms with Crippen molar-refractivity contribution in [3.63, 3.8) is 0 Å². The van der Waals surface area contributed by atoms with Gasteiger partial charge in [0, 0.05) is 36.9 Å². The summed E-state index contributed by atoms with van der Waals surface area (Å²) in [6.45, 7) is 14.3. The van der Waals surface area contributed by atoms with Crippen LogP contribution in [0.25, 0.3) is 11.1 Å². The topological polar surface area (TPSA) is 90.5 Å². The molecule has 0 radical (unpaired) electrons. The number of nitrogens with one attached hydrogen (secondary N) is 2. The second kappa shape index (κ2) is 13.9. The summed E-state index contributed by atoms with van der Waals surface area (Å²) in [7, 11) is 0. The van der Waals surface area contributed by atoms with Crippen LogP contribution in [0.1, 0.15) is 80.0 Å². The molecule has 0 saturated carbocycles. The van der Waals surface area contributed by atoms with Gasteiger partial charge in [0.1, 0.15) is 11.4 Å². The molecule has 2 N–H and O–H groups in total. The van der Waals surface area contributed by atoms with Crippen LogP contribution in [0.4, 0.5) is 11.4 Å². The molecular weight excluding hydrogens is 572 g/mol. The van der Waals surface area contributed by atoms with Crippen LogP contribution in [-0.4, -0.2) is 57.8 Å². The highest BCUT2D eigenvalue weighted by molar-refractivity contribution is 6.05. The fraction of sp³-hybridized carbons (Fsp3) is 0.368. The zero-order valence-electron chi connectivity index (χ0n) is 27.4. The van der Waals surface area contributed by atoms with Crippen molar-refractivity contribution < 1.29 is 9.59 Å². The maximum Gasteiger partial charge on any atom is 0.274 e. The summed E-state index contributed by atoms with van der Waals surface area (Å²) in [5.41, 5.74) is 10.6. The van der Waals surface area contributed by atoms with Gasteiger partial charge < -0.3 is 10.6 Å². The number of benzene rings is 2. The summed E-state index contributed by atoms with van der Waals surface area (Å²) in [6.07, 6.45) is 8.66. The number of aromatic nitrogens is 2. The van der Waals surface area contributed by atoms with E-state index in [1.165, 1.54) is 36.8 Å². The Morgan fingerprint density at radius 3 is 1.39 bits per heavy atom. The van der Waals surface area contributed by atoms with E-state index < -0.39 is 0 Å². The SMILES string of the molecule is Cc1cc(C(=O)Nc2cccc(-c3cccc(NC(=O)c4cc(C)c(CN5CCCC5)cn4)c3C)c2C)ncc1CN1CCCC1. The van der Waals surface area contributed by atoms with Gasteiger partial charge in [-0.05, 0) is 148 Å². The zero-order valence-corrected chi connectivity index (χ0v) is 27.4. The van der Waals surface area contributed by atoms with Gasteiger partial charge in [0.15, 0.2) is 0 Å². The standard InChI is InChI=1S/C38H44N6O2/c1-25-19-35(39-21-29(25)23-43-15-5-6-16-43)37(45)41-33-13-9-11-31(27(33)3)32-12-10-14-34(28(32)4)42-38(46)36-20-26(2)30(22-40-36)24-44-17-7-8-18-44/h9-14,19-22H,5-8,15-18,23-24H2,1-4H3,(H,41,45)(H,42,46). The molecule has 2 saturated heterocycles. The number of likely N-dealkylation sites (tertiary alicyclic amines) is 2. The molecule has 2 aliphatic heterocycles. The second-order valence-electron chi connectivity index (χ2n) is 12.8. The molecule has 2 amide bonds. The molecule has 2 aromatic carbocycles. The van der Waals surface area contributed by atoms with E-state index in [1.807, 2.05) is 88.6 Å². The van der Waals surface area contributed by atoms with E-state index in [0.29, 0.717) is 11.4 Å². The predicted molar refractivity (Wildman–Crippen MR) is 184 cm³/mol. The second-order valence-corrected chi connectivity index (χ2v) is 12.8. The summed E-state index contributed by atoms with van der Waals surface area (Å²) < 4.78 is 0. The maximum absolute atomic E-state index is 13.3. The minimum atomic E-state index is -0.233. The van der Waals surface area contributed by atoms with Gasteiger partial charge in [-0.1, -0.05) is 24.3 Å². The number of carbonyl (C=O) groups is 2. The molecule has 0 spiro atoms. The first-order valence-corrected chi connectivity index (χ1v) is 16.4. The molecule has 2 aromatic heterocycles. The molecule has 0 aliphatic carbocycles. The van der Waals surface area contributed by atoms with E-state index in [9.17, 15) is 9.59 Å². The molecule has 4 aromatic rings. The van der Waals surface area contributed by atoms with Gasteiger partial charge in [0.05, 0.1) is 0 Å². The van der Waals surface area contributed by atoms with Crippen molar-refractivity contribution in [1.29, 1.82) is 0 Å². The van der Waals surface area contributed by atoms with E-state index in [4.69, 9.17) is 0 Å². The highest BCUT2D eigenvalue weighted by Gasteiger charge is 2.19. The third-order valence-corrected chi connectivity index (χ3v) is 9.54. The monoisotopic (exact) mass is 616 g/mol. The Bertz CT molecular complexity index is 1630. The third kappa shape index (κ3) is 7.03. The first-order valence-electron chi connectivity index (χ1n) is 16.4. The van der Waals surface area contributed by atoms with Gasteiger partial charge in [0.25, 0.3) is 11.8 Å². The van der Waals surface area contributed by atoms with Crippen molar-refractivity contribution in [2.24, 2.45) is 0 Å². The number of rotatable bonds is 9. The van der Waals surface area contributed by atoms with Crippen LogP contribution in [0.3, 0.4) is 0 Å². The van der Waals surface area contributed by atoms with E-state index in [0.717, 1.165) is 84.0 Å². The molecule has 238 valence electrons. The molecule has 0 bridgehead atoms. The number of nitrogens with zero attached hydrogens (tertiary/aromatic N) is 4. The van der Waals surface area contributed by atoms with Gasteiger partial charge in [0.2, 0.25) is 0 Å². The first kappa shape index (κ1) is 31.6. The Balaban J connectivity index is 1.16. The van der Waals surface area contributed by atoms with E-state index in [2.05, 4.69) is 30.4 Å². The highest BCUT2D eigenvalue weighted by Crippen LogP contribution is 2.34. The van der Waals surface area contributed by atoms with E-state index in [-0.39, 0.29) is 11.8 Å². The molecule has 2 fully saturated rings. The number of pyridine rings is 2. The van der Waals surface area contributed by atoms with Crippen LogP contribution in [0.15, 0.2) is 60.9 Å². The zero-order chi connectivity index (χ0) is 32.2. The summed E-state index contributed by atoms with van der Waals surface area (Å²) in [5, 5.41) is 6.17. The fourth-order valence-electron chi connectivity index (χ4n) is 6.61. The summed E-state index contributed by atoms with van der Waals surface area (Å²) >= 11 is 0. The number of aryl methyl sites for hydroxylation is 2. The number of hydrogen-bond donors (Lipinski definition) is 2. The predicted octanol–water partition coefficient (Wildman–Crippen LogP) is 7.07. The lowest BCUT2D eigenvalue weighted by Gasteiger charge is -2.18. The number of amides is 2. The van der Waals surface area contributed by atoms with Crippen molar-refractivity contribution in [2.45, 2.75) is 66.5 Å². The van der Waals surface area contributed by atoms with Crippen LogP contribution in [0, 0.1) is 27.7 Å². The average Bonchev–Trinajstić information content (AvgIpc) is 3.76. The van der Waals surface area contributed by atoms with Crippen molar-refractivity contribution in [3.05, 3.63) is 106 Å². The van der Waals surface area contributed by atoms with Gasteiger partial charge in [-0.25, -0.2) is 0 Å². The van der Waals surface area contributed by atoms with Crippen LogP contribution in [0.5, 0.6) is 0 Å². The average molecular weight is 617 g/mol. The lowest BCUT2D eigenvalue weighted by atomic mass is 9.94. The lowest BCUT2D eigenvalue weighted by molar-refractivity contribution is 0.101. The van der Waals surface area contributed by atoms with E-state index >= 15 is 0 Å². The van der Waals surface area contributed by atoms with Gasteiger partial charge >= 0.3 is 0 Å². The summed E-state index contributed by atoms with van der Waals surface area (Å²) in [4.78, 5) is 40.5. The van der Waals surface area contributed by atoms with Gasteiger partial charge in [-0.3, -0.25) is 29.4 Å². The van der Waals surface area contributed by atoms with Crippen LogP contribution in [-0.2, 0) is 13.1 Å². The summed E-state index contributed by atoms with van der Waals surface area (Å²) in [6, 6.07) is 15.5. The molecule has 0 unspecified atom stereocenters. The van der Waals surface area contributed by atoms with Crippen molar-refractivity contribution >= 4 is 23.2 Å². The van der Waals surface area contributed by atoms with E-state index in [1.54, 1.807) is 0 Å². The third-order valence-electron chi connectivity index (χ3n) is 9.54. The van der Waals surface area contributed by atoms with Crippen LogP contribution >= 0.6 is 0 Å². The number of anilines is 2. The van der Waals surface area contributed by atoms with Gasteiger partial charge in [-0.15, -0.1) is 0 Å². The maximum atomic E-state index is 13.3. The molecule has 6 rings (SSSR count). The molecular formula is C38H44N6O2. The molecule has 4 heterocycles. The van der Waals surface area contributed by atoms with Gasteiger partial charge in [-0.2, -0.15) is 0 Å². The Kier molecular flexibility index (Phi) is 9.56. The normalized spacial score (nSPS) is 15.3. The molecule has 8 heteroatoms. The molecule has 8 nitrogen and oxygen atoms in total. The fourth-order valence-corrected chi connectivity index (χ4v) is 6.61. The molecule has 2 aliphatic rings. The minimum Gasteiger partial charge on any atom is -0.320 e. The van der Waals surface area contributed by atoms with Crippen LogP contribution < -0.4 is 10.6 Å². The largest absolute Gasteiger partial charge is 0.320 e. The Labute approximate surface area is 272 Å². The Morgan fingerprint density at radius 2 is 1.02 bits per heavy atom. The minimum absolute atomic E-state index is 0.233. The first-order chi connectivity index (χ1) is 22.3. The van der Waals surface area contributed by atoms with Crippen molar-refractivity contribution in [3.8, 4) is 11.1 Å².